The van der Waals surface area contributed by atoms with Crippen LogP contribution in [0.15, 0.2) is 0 Å². The number of rotatable bonds is 37. The first-order valence-electron chi connectivity index (χ1n) is 20.4. The van der Waals surface area contributed by atoms with Crippen LogP contribution in [0.4, 0.5) is 14.4 Å². The van der Waals surface area contributed by atoms with Crippen molar-refractivity contribution in [1.29, 1.82) is 0 Å². The molecule has 17 nitrogen and oxygen atoms in total. The fourth-order valence-corrected chi connectivity index (χ4v) is 6.78. The summed E-state index contributed by atoms with van der Waals surface area (Å²) in [6.45, 7) is 7.55. The molecule has 0 aromatic heterocycles. The Morgan fingerprint density at radius 2 is 0.891 bits per heavy atom. The van der Waals surface area contributed by atoms with Crippen molar-refractivity contribution >= 4 is 38.7 Å². The summed E-state index contributed by atoms with van der Waals surface area (Å²) < 4.78 is 82.1. The lowest BCUT2D eigenvalue weighted by Gasteiger charge is -2.19. The van der Waals surface area contributed by atoms with Crippen molar-refractivity contribution in [2.75, 3.05) is 52.7 Å². The highest BCUT2D eigenvalue weighted by molar-refractivity contribution is 7.88. The minimum atomic E-state index is -4.24. The molecule has 0 fully saturated rings. The zero-order chi connectivity index (χ0) is 41.0. The molecule has 55 heavy (non-hydrogen) atoms. The average Bonchev–Trinajstić information content (AvgIpc) is 3.12. The number of amides is 3. The van der Waals surface area contributed by atoms with E-state index in [-0.39, 0.29) is 64.9 Å². The van der Waals surface area contributed by atoms with E-state index in [1.807, 2.05) is 11.6 Å². The van der Waals surface area contributed by atoms with Crippen LogP contribution in [0, 0.1) is 0 Å². The molecule has 0 aromatic rings. The maximum absolute atomic E-state index is 12.4. The summed E-state index contributed by atoms with van der Waals surface area (Å²) in [6, 6.07) is 0.0715. The van der Waals surface area contributed by atoms with Crippen molar-refractivity contribution in [2.45, 2.75) is 162 Å². The van der Waals surface area contributed by atoms with E-state index in [4.69, 9.17) is 23.7 Å². The highest BCUT2D eigenvalue weighted by atomic mass is 32.2. The van der Waals surface area contributed by atoms with Crippen LogP contribution in [-0.4, -0.2) is 100.0 Å². The first-order valence-corrected chi connectivity index (χ1v) is 23.3. The quantitative estimate of drug-likeness (QED) is 0.0354. The molecule has 326 valence electrons. The molecule has 0 heterocycles. The van der Waals surface area contributed by atoms with Crippen LogP contribution in [0.5, 0.6) is 0 Å². The molecule has 0 saturated heterocycles. The second-order valence-corrected chi connectivity index (χ2v) is 16.4. The van der Waals surface area contributed by atoms with E-state index in [9.17, 15) is 31.2 Å². The molecular weight excluding hydrogens is 759 g/mol. The largest absolute Gasteiger partial charge is 0.447 e. The van der Waals surface area contributed by atoms with Gasteiger partial charge in [-0.05, 0) is 32.1 Å². The van der Waals surface area contributed by atoms with Crippen LogP contribution in [0.2, 0.25) is 0 Å². The molecule has 0 saturated carbocycles. The van der Waals surface area contributed by atoms with Crippen LogP contribution in [0.25, 0.3) is 0 Å². The van der Waals surface area contributed by atoms with Gasteiger partial charge in [-0.1, -0.05) is 118 Å². The van der Waals surface area contributed by atoms with Gasteiger partial charge in [0.1, 0.15) is 19.3 Å². The third-order valence-electron chi connectivity index (χ3n) is 8.35. The summed E-state index contributed by atoms with van der Waals surface area (Å²) >= 11 is 0. The first kappa shape index (κ1) is 52.6. The topological polar surface area (TPSA) is 226 Å². The maximum Gasteiger partial charge on any atom is 0.422 e. The average molecular weight is 832 g/mol. The van der Waals surface area contributed by atoms with Crippen LogP contribution in [0.3, 0.4) is 0 Å². The molecule has 1 atom stereocenters. The zero-order valence-corrected chi connectivity index (χ0v) is 35.6. The molecule has 5 N–H and O–H groups in total. The standard InChI is InChI=1S/C36H73N5O12S2/c1-5-9-13-15-18-20-32(21-19-16-14-10-6-2)39-34(42)51-30-28-49-26-24-37-54(45,46)40-35(43)52-31-29-50-27-25-38-55(47,48)41-36(44)53-33(22-12-8-4)23-17-11-7-3/h32-33,37-38H,5-31H2,1-4H3,(H,39,42)(H,40,43)(H,41,44). The summed E-state index contributed by atoms with van der Waals surface area (Å²) in [5, 5.41) is 2.98. The third-order valence-corrected chi connectivity index (χ3v) is 10.4. The Labute approximate surface area is 331 Å². The van der Waals surface area contributed by atoms with Crippen molar-refractivity contribution in [3.8, 4) is 0 Å². The molecule has 0 rings (SSSR count). The number of alkyl carbamates (subject to hydrolysis) is 1. The zero-order valence-electron chi connectivity index (χ0n) is 34.0. The number of carbonyl (C=O) groups is 3. The molecule has 0 aromatic carbocycles. The summed E-state index contributed by atoms with van der Waals surface area (Å²) in [4.78, 5) is 36.4. The van der Waals surface area contributed by atoms with Crippen LogP contribution < -0.4 is 24.2 Å². The van der Waals surface area contributed by atoms with Crippen LogP contribution in [-0.2, 0) is 44.1 Å². The Bertz CT molecular complexity index is 1180. The Kier molecular flexibility index (Phi) is 33.2. The SMILES string of the molecule is CCCCCCCC(CCCCCCC)NC(=O)OCCOCCNS(=O)(=O)NC(=O)OCCOCCNS(=O)(=O)NC(=O)OC(CCCC)CCCCC. The van der Waals surface area contributed by atoms with Gasteiger partial charge in [0.05, 0.1) is 26.4 Å². The number of unbranched alkanes of at least 4 members (excludes halogenated alkanes) is 11. The maximum atomic E-state index is 12.4. The lowest BCUT2D eigenvalue weighted by atomic mass is 10.0. The molecule has 3 amide bonds. The van der Waals surface area contributed by atoms with E-state index in [2.05, 4.69) is 35.5 Å². The van der Waals surface area contributed by atoms with Gasteiger partial charge in [0.15, 0.2) is 0 Å². The summed E-state index contributed by atoms with van der Waals surface area (Å²) in [5.74, 6) is 0. The van der Waals surface area contributed by atoms with Gasteiger partial charge in [0.25, 0.3) is 0 Å². The number of nitrogens with one attached hydrogen (secondary N) is 5. The molecule has 0 aliphatic carbocycles. The fourth-order valence-electron chi connectivity index (χ4n) is 5.39. The fraction of sp³-hybridized carbons (Fsp3) is 0.917. The number of hydrogen-bond donors (Lipinski definition) is 5. The molecule has 0 bridgehead atoms. The molecular formula is C36H73N5O12S2. The monoisotopic (exact) mass is 831 g/mol. The van der Waals surface area contributed by atoms with Crippen LogP contribution >= 0.6 is 0 Å². The van der Waals surface area contributed by atoms with E-state index in [0.29, 0.717) is 12.8 Å². The summed E-state index contributed by atoms with van der Waals surface area (Å²) in [7, 11) is -8.42. The molecule has 0 spiro atoms. The molecule has 1 unspecified atom stereocenters. The Morgan fingerprint density at radius 3 is 1.40 bits per heavy atom. The van der Waals surface area contributed by atoms with Crippen molar-refractivity contribution < 1.29 is 54.9 Å². The second kappa shape index (κ2) is 34.8. The lowest BCUT2D eigenvalue weighted by Crippen LogP contribution is -2.43. The molecule has 19 heteroatoms. The van der Waals surface area contributed by atoms with E-state index in [1.165, 1.54) is 38.5 Å². The summed E-state index contributed by atoms with van der Waals surface area (Å²) in [6.07, 6.45) is 16.3. The summed E-state index contributed by atoms with van der Waals surface area (Å²) in [5.41, 5.74) is 0. The van der Waals surface area contributed by atoms with E-state index < -0.39 is 38.7 Å². The first-order chi connectivity index (χ1) is 26.4. The smallest absolute Gasteiger partial charge is 0.422 e. The van der Waals surface area contributed by atoms with Gasteiger partial charge in [-0.25, -0.2) is 23.8 Å². The van der Waals surface area contributed by atoms with E-state index >= 15 is 0 Å². The van der Waals surface area contributed by atoms with E-state index in [0.717, 1.165) is 70.6 Å². The number of hydrogen-bond acceptors (Lipinski definition) is 12. The Morgan fingerprint density at radius 1 is 0.473 bits per heavy atom. The van der Waals surface area contributed by atoms with Crippen molar-refractivity contribution in [1.82, 2.24) is 24.2 Å². The van der Waals surface area contributed by atoms with E-state index in [1.54, 1.807) is 4.72 Å². The minimum absolute atomic E-state index is 0.00117. The molecule has 0 radical (unpaired) electrons. The van der Waals surface area contributed by atoms with Gasteiger partial charge in [-0.2, -0.15) is 26.3 Å². The highest BCUT2D eigenvalue weighted by Crippen LogP contribution is 2.15. The second-order valence-electron chi connectivity index (χ2n) is 13.4. The van der Waals surface area contributed by atoms with Gasteiger partial charge >= 0.3 is 38.7 Å². The van der Waals surface area contributed by atoms with Crippen molar-refractivity contribution in [2.24, 2.45) is 0 Å². The van der Waals surface area contributed by atoms with Gasteiger partial charge in [0.2, 0.25) is 0 Å². The van der Waals surface area contributed by atoms with Gasteiger partial charge in [0, 0.05) is 19.1 Å². The van der Waals surface area contributed by atoms with Crippen molar-refractivity contribution in [3.05, 3.63) is 0 Å². The van der Waals surface area contributed by atoms with Crippen LogP contribution in [0.1, 0.15) is 150 Å². The van der Waals surface area contributed by atoms with Gasteiger partial charge in [-0.15, -0.1) is 0 Å². The number of ether oxygens (including phenoxy) is 5. The normalized spacial score (nSPS) is 12.3. The highest BCUT2D eigenvalue weighted by Gasteiger charge is 2.20. The van der Waals surface area contributed by atoms with Gasteiger partial charge < -0.3 is 29.0 Å². The Balaban J connectivity index is 4.15. The number of carbonyl (C=O) groups excluding carboxylic acids is 3. The van der Waals surface area contributed by atoms with Crippen molar-refractivity contribution in [3.63, 3.8) is 0 Å². The Hall–Kier alpha value is -2.45. The third kappa shape index (κ3) is 34.5. The lowest BCUT2D eigenvalue weighted by molar-refractivity contribution is 0.0735. The molecule has 0 aliphatic rings. The minimum Gasteiger partial charge on any atom is -0.447 e. The predicted molar refractivity (Wildman–Crippen MR) is 212 cm³/mol. The molecule has 0 aliphatic heterocycles. The van der Waals surface area contributed by atoms with Gasteiger partial charge in [-0.3, -0.25) is 0 Å². The predicted octanol–water partition coefficient (Wildman–Crippen LogP) is 6.10.